The van der Waals surface area contributed by atoms with E-state index >= 15 is 0 Å². The highest BCUT2D eigenvalue weighted by Gasteiger charge is 2.17. The molecular formula is C23H24N2O3. The van der Waals surface area contributed by atoms with E-state index in [9.17, 15) is 9.59 Å². The molecule has 1 aromatic heterocycles. The van der Waals surface area contributed by atoms with E-state index in [4.69, 9.17) is 4.42 Å². The number of amides is 2. The average molecular weight is 376 g/mol. The highest BCUT2D eigenvalue weighted by atomic mass is 16.3. The Balaban J connectivity index is 1.75. The van der Waals surface area contributed by atoms with Crippen LogP contribution in [-0.2, 0) is 6.42 Å². The molecule has 5 heteroatoms. The summed E-state index contributed by atoms with van der Waals surface area (Å²) in [7, 11) is 0. The smallest absolute Gasteiger partial charge is 0.291 e. The monoisotopic (exact) mass is 376 g/mol. The Labute approximate surface area is 164 Å². The van der Waals surface area contributed by atoms with Gasteiger partial charge in [-0.3, -0.25) is 9.59 Å². The minimum atomic E-state index is -0.384. The van der Waals surface area contributed by atoms with Gasteiger partial charge in [0.25, 0.3) is 11.8 Å². The molecule has 2 N–H and O–H groups in total. The second-order valence-corrected chi connectivity index (χ2v) is 7.19. The molecule has 2 amide bonds. The van der Waals surface area contributed by atoms with Crippen LogP contribution in [0.1, 0.15) is 46.1 Å². The Kier molecular flexibility index (Phi) is 5.94. The number of hydrogen-bond acceptors (Lipinski definition) is 3. The summed E-state index contributed by atoms with van der Waals surface area (Å²) in [5.41, 5.74) is 2.57. The highest BCUT2D eigenvalue weighted by molar-refractivity contribution is 6.12. The summed E-state index contributed by atoms with van der Waals surface area (Å²) in [6.07, 6.45) is 0.767. The normalized spacial score (nSPS) is 10.7. The fraction of sp³-hybridized carbons (Fsp3) is 0.217. The molecule has 2 aromatic carbocycles. The highest BCUT2D eigenvalue weighted by Crippen LogP contribution is 2.20. The van der Waals surface area contributed by atoms with E-state index in [0.29, 0.717) is 22.9 Å². The van der Waals surface area contributed by atoms with Crippen LogP contribution in [0, 0.1) is 12.8 Å². The molecule has 0 spiro atoms. The molecule has 3 rings (SSSR count). The second-order valence-electron chi connectivity index (χ2n) is 7.19. The number of hydrogen-bond donors (Lipinski definition) is 2. The largest absolute Gasteiger partial charge is 0.456 e. The van der Waals surface area contributed by atoms with Crippen molar-refractivity contribution in [2.24, 2.45) is 5.92 Å². The number of furan rings is 1. The molecule has 0 bridgehead atoms. The van der Waals surface area contributed by atoms with Crippen LogP contribution in [0.2, 0.25) is 0 Å². The van der Waals surface area contributed by atoms with E-state index in [1.807, 2.05) is 37.3 Å². The number of aryl methyl sites for hydroxylation is 1. The van der Waals surface area contributed by atoms with Crippen molar-refractivity contribution in [2.75, 3.05) is 10.6 Å². The van der Waals surface area contributed by atoms with Gasteiger partial charge in [-0.25, -0.2) is 0 Å². The fourth-order valence-electron chi connectivity index (χ4n) is 2.91. The zero-order chi connectivity index (χ0) is 20.1. The SMILES string of the molecule is Cc1cccc(NC(=O)c2ccccc2NC(=O)c2ccc(CC(C)C)o2)c1. The van der Waals surface area contributed by atoms with Gasteiger partial charge in [0.1, 0.15) is 5.76 Å². The number of benzene rings is 2. The van der Waals surface area contributed by atoms with Crippen LogP contribution in [0.15, 0.2) is 65.1 Å². The fourth-order valence-corrected chi connectivity index (χ4v) is 2.91. The summed E-state index contributed by atoms with van der Waals surface area (Å²) >= 11 is 0. The van der Waals surface area contributed by atoms with E-state index in [1.54, 1.807) is 30.3 Å². The molecule has 28 heavy (non-hydrogen) atoms. The van der Waals surface area contributed by atoms with Crippen molar-refractivity contribution in [2.45, 2.75) is 27.2 Å². The maximum Gasteiger partial charge on any atom is 0.291 e. The molecule has 0 aliphatic heterocycles. The van der Waals surface area contributed by atoms with Crippen LogP contribution in [0.25, 0.3) is 0 Å². The first-order valence-corrected chi connectivity index (χ1v) is 9.29. The number of para-hydroxylation sites is 1. The molecule has 0 saturated heterocycles. The third-order valence-corrected chi connectivity index (χ3v) is 4.19. The van der Waals surface area contributed by atoms with Crippen molar-refractivity contribution in [1.29, 1.82) is 0 Å². The van der Waals surface area contributed by atoms with Gasteiger partial charge in [0, 0.05) is 12.1 Å². The Morgan fingerprint density at radius 1 is 0.929 bits per heavy atom. The Morgan fingerprint density at radius 3 is 2.46 bits per heavy atom. The minimum Gasteiger partial charge on any atom is -0.456 e. The lowest BCUT2D eigenvalue weighted by Crippen LogP contribution is -2.18. The Hall–Kier alpha value is -3.34. The summed E-state index contributed by atoms with van der Waals surface area (Å²) < 4.78 is 5.63. The van der Waals surface area contributed by atoms with Crippen LogP contribution < -0.4 is 10.6 Å². The lowest BCUT2D eigenvalue weighted by molar-refractivity contribution is 0.0994. The van der Waals surface area contributed by atoms with Crippen molar-refractivity contribution in [3.8, 4) is 0 Å². The van der Waals surface area contributed by atoms with Gasteiger partial charge in [0.05, 0.1) is 11.3 Å². The van der Waals surface area contributed by atoms with Crippen molar-refractivity contribution < 1.29 is 14.0 Å². The molecule has 3 aromatic rings. The molecule has 0 radical (unpaired) electrons. The van der Waals surface area contributed by atoms with Crippen LogP contribution in [0.4, 0.5) is 11.4 Å². The summed E-state index contributed by atoms with van der Waals surface area (Å²) in [6, 6.07) is 17.9. The number of nitrogens with one attached hydrogen (secondary N) is 2. The second kappa shape index (κ2) is 8.57. The third-order valence-electron chi connectivity index (χ3n) is 4.19. The van der Waals surface area contributed by atoms with Gasteiger partial charge in [0.2, 0.25) is 0 Å². The van der Waals surface area contributed by atoms with Crippen LogP contribution in [0.3, 0.4) is 0 Å². The first kappa shape index (κ1) is 19.4. The standard InChI is InChI=1S/C23H24N2O3/c1-15(2)13-18-11-12-21(28-18)23(27)25-20-10-5-4-9-19(20)22(26)24-17-8-6-7-16(3)14-17/h4-12,14-15H,13H2,1-3H3,(H,24,26)(H,25,27). The van der Waals surface area contributed by atoms with Gasteiger partial charge >= 0.3 is 0 Å². The topological polar surface area (TPSA) is 71.3 Å². The molecule has 0 saturated carbocycles. The molecular weight excluding hydrogens is 352 g/mol. The molecule has 0 aliphatic carbocycles. The number of anilines is 2. The predicted molar refractivity (Wildman–Crippen MR) is 111 cm³/mol. The quantitative estimate of drug-likeness (QED) is 0.614. The molecule has 5 nitrogen and oxygen atoms in total. The van der Waals surface area contributed by atoms with E-state index in [-0.39, 0.29) is 17.6 Å². The van der Waals surface area contributed by atoms with Gasteiger partial charge in [-0.15, -0.1) is 0 Å². The maximum atomic E-state index is 12.7. The van der Waals surface area contributed by atoms with Crippen molar-refractivity contribution >= 4 is 23.2 Å². The average Bonchev–Trinajstić information content (AvgIpc) is 3.10. The third kappa shape index (κ3) is 4.88. The van der Waals surface area contributed by atoms with E-state index in [2.05, 4.69) is 24.5 Å². The van der Waals surface area contributed by atoms with Crippen LogP contribution in [0.5, 0.6) is 0 Å². The molecule has 0 aliphatic rings. The number of carbonyl (C=O) groups is 2. The first-order valence-electron chi connectivity index (χ1n) is 9.29. The zero-order valence-corrected chi connectivity index (χ0v) is 16.3. The van der Waals surface area contributed by atoms with E-state index < -0.39 is 0 Å². The Bertz CT molecular complexity index is 989. The molecule has 0 unspecified atom stereocenters. The van der Waals surface area contributed by atoms with E-state index in [1.165, 1.54) is 0 Å². The minimum absolute atomic E-state index is 0.226. The maximum absolute atomic E-state index is 12.7. The van der Waals surface area contributed by atoms with Gasteiger partial charge in [-0.2, -0.15) is 0 Å². The summed E-state index contributed by atoms with van der Waals surface area (Å²) in [6.45, 7) is 6.14. The number of carbonyl (C=O) groups excluding carboxylic acids is 2. The summed E-state index contributed by atoms with van der Waals surface area (Å²) in [4.78, 5) is 25.3. The number of rotatable bonds is 6. The lowest BCUT2D eigenvalue weighted by atomic mass is 10.1. The van der Waals surface area contributed by atoms with Gasteiger partial charge < -0.3 is 15.1 Å². The summed E-state index contributed by atoms with van der Waals surface area (Å²) in [5.74, 6) is 0.760. The lowest BCUT2D eigenvalue weighted by Gasteiger charge is -2.11. The molecule has 0 atom stereocenters. The first-order chi connectivity index (χ1) is 13.4. The van der Waals surface area contributed by atoms with Crippen molar-refractivity contribution in [3.63, 3.8) is 0 Å². The van der Waals surface area contributed by atoms with Gasteiger partial charge in [0.15, 0.2) is 5.76 Å². The van der Waals surface area contributed by atoms with Crippen LogP contribution >= 0.6 is 0 Å². The molecule has 0 fully saturated rings. The molecule has 1 heterocycles. The van der Waals surface area contributed by atoms with Crippen molar-refractivity contribution in [1.82, 2.24) is 0 Å². The molecule has 144 valence electrons. The van der Waals surface area contributed by atoms with Crippen LogP contribution in [-0.4, -0.2) is 11.8 Å². The Morgan fingerprint density at radius 2 is 1.71 bits per heavy atom. The van der Waals surface area contributed by atoms with Gasteiger partial charge in [-0.1, -0.05) is 38.1 Å². The zero-order valence-electron chi connectivity index (χ0n) is 16.3. The van der Waals surface area contributed by atoms with Gasteiger partial charge in [-0.05, 0) is 54.8 Å². The predicted octanol–water partition coefficient (Wildman–Crippen LogP) is 5.29. The summed E-state index contributed by atoms with van der Waals surface area (Å²) in [5, 5.41) is 5.64. The van der Waals surface area contributed by atoms with E-state index in [0.717, 1.165) is 17.7 Å². The van der Waals surface area contributed by atoms with Crippen molar-refractivity contribution in [3.05, 3.63) is 83.3 Å².